The van der Waals surface area contributed by atoms with Gasteiger partial charge in [-0.05, 0) is 38.0 Å². The van der Waals surface area contributed by atoms with Crippen LogP contribution in [0.5, 0.6) is 0 Å². The third-order valence-corrected chi connectivity index (χ3v) is 6.04. The average molecular weight is 449 g/mol. The van der Waals surface area contributed by atoms with Crippen LogP contribution in [-0.4, -0.2) is 65.9 Å². The Hall–Kier alpha value is -1.72. The van der Waals surface area contributed by atoms with Crippen LogP contribution >= 0.6 is 11.6 Å². The fourth-order valence-corrected chi connectivity index (χ4v) is 4.33. The number of carbonyl (C=O) groups is 2. The van der Waals surface area contributed by atoms with E-state index in [4.69, 9.17) is 25.8 Å². The Morgan fingerprint density at radius 3 is 2.79 bits per heavy atom. The minimum atomic E-state index is -3.95. The predicted octanol–water partition coefficient (Wildman–Crippen LogP) is 1.11. The normalized spacial score (nSPS) is 17.7. The molecule has 2 unspecified atom stereocenters. The van der Waals surface area contributed by atoms with Crippen molar-refractivity contribution in [3.8, 4) is 0 Å². The van der Waals surface area contributed by atoms with Gasteiger partial charge in [0.2, 0.25) is 10.0 Å². The van der Waals surface area contributed by atoms with Crippen LogP contribution in [-0.2, 0) is 29.0 Å². The summed E-state index contributed by atoms with van der Waals surface area (Å²) < 4.78 is 42.8. The van der Waals surface area contributed by atoms with Gasteiger partial charge in [-0.1, -0.05) is 11.6 Å². The number of carbonyl (C=O) groups excluding carboxylic acids is 2. The highest BCUT2D eigenvalue weighted by atomic mass is 35.5. The fourth-order valence-electron chi connectivity index (χ4n) is 2.74. The summed E-state index contributed by atoms with van der Waals surface area (Å²) in [5.74, 6) is -1.34. The van der Waals surface area contributed by atoms with Crippen molar-refractivity contribution in [2.75, 3.05) is 33.5 Å². The Morgan fingerprint density at radius 2 is 2.14 bits per heavy atom. The standard InChI is InChI=1S/C18H25ClN2O7S/c1-12(10-26-2)21-17(22)11-28-18(23)13-5-6-15(19)16(8-13)29(24,25)20-9-14-4-3-7-27-14/h5-6,8,12,14,20H,3-4,7,9-11H2,1-2H3,(H,21,22). The van der Waals surface area contributed by atoms with Gasteiger partial charge in [-0.2, -0.15) is 0 Å². The molecule has 0 spiro atoms. The number of ether oxygens (including phenoxy) is 3. The number of amides is 1. The lowest BCUT2D eigenvalue weighted by atomic mass is 10.2. The first kappa shape index (κ1) is 23.6. The highest BCUT2D eigenvalue weighted by Gasteiger charge is 2.24. The molecule has 162 valence electrons. The number of sulfonamides is 1. The van der Waals surface area contributed by atoms with Crippen LogP contribution in [0, 0.1) is 0 Å². The third kappa shape index (κ3) is 7.23. The van der Waals surface area contributed by atoms with Crippen LogP contribution in [0.4, 0.5) is 0 Å². The Morgan fingerprint density at radius 1 is 1.38 bits per heavy atom. The number of esters is 1. The molecular weight excluding hydrogens is 424 g/mol. The molecule has 0 aliphatic carbocycles. The van der Waals surface area contributed by atoms with Crippen LogP contribution in [0.3, 0.4) is 0 Å². The van der Waals surface area contributed by atoms with Gasteiger partial charge in [0.25, 0.3) is 5.91 Å². The molecule has 0 aromatic heterocycles. The smallest absolute Gasteiger partial charge is 0.338 e. The summed E-state index contributed by atoms with van der Waals surface area (Å²) in [6.07, 6.45) is 1.47. The van der Waals surface area contributed by atoms with Crippen LogP contribution in [0.2, 0.25) is 5.02 Å². The van der Waals surface area contributed by atoms with E-state index in [2.05, 4.69) is 10.0 Å². The lowest BCUT2D eigenvalue weighted by Gasteiger charge is -2.14. The van der Waals surface area contributed by atoms with Gasteiger partial charge in [0.1, 0.15) is 4.90 Å². The predicted molar refractivity (Wildman–Crippen MR) is 105 cm³/mol. The van der Waals surface area contributed by atoms with Crippen molar-refractivity contribution in [2.24, 2.45) is 0 Å². The summed E-state index contributed by atoms with van der Waals surface area (Å²) in [4.78, 5) is 23.7. The molecule has 1 aliphatic heterocycles. The molecule has 2 N–H and O–H groups in total. The molecule has 0 radical (unpaired) electrons. The largest absolute Gasteiger partial charge is 0.452 e. The average Bonchev–Trinajstić information content (AvgIpc) is 3.18. The number of hydrogen-bond donors (Lipinski definition) is 2. The van der Waals surface area contributed by atoms with Crippen molar-refractivity contribution in [2.45, 2.75) is 36.8 Å². The minimum absolute atomic E-state index is 0.0347. The van der Waals surface area contributed by atoms with Crippen molar-refractivity contribution in [1.29, 1.82) is 0 Å². The number of hydrogen-bond acceptors (Lipinski definition) is 7. The molecule has 1 aromatic carbocycles. The monoisotopic (exact) mass is 448 g/mol. The maximum absolute atomic E-state index is 12.6. The fraction of sp³-hybridized carbons (Fsp3) is 0.556. The highest BCUT2D eigenvalue weighted by molar-refractivity contribution is 7.89. The molecule has 9 nitrogen and oxygen atoms in total. The molecule has 11 heteroatoms. The first-order valence-corrected chi connectivity index (χ1v) is 10.9. The Balaban J connectivity index is 1.99. The second-order valence-corrected chi connectivity index (χ2v) is 8.77. The molecule has 2 rings (SSSR count). The summed E-state index contributed by atoms with van der Waals surface area (Å²) in [6.45, 7) is 2.27. The summed E-state index contributed by atoms with van der Waals surface area (Å²) >= 11 is 6.02. The highest BCUT2D eigenvalue weighted by Crippen LogP contribution is 2.23. The van der Waals surface area contributed by atoms with Crippen molar-refractivity contribution >= 4 is 33.5 Å². The van der Waals surface area contributed by atoms with Crippen molar-refractivity contribution in [3.05, 3.63) is 28.8 Å². The van der Waals surface area contributed by atoms with E-state index < -0.39 is 28.5 Å². The molecular formula is C18H25ClN2O7S. The topological polar surface area (TPSA) is 120 Å². The Kier molecular flexibility index (Phi) is 8.84. The van der Waals surface area contributed by atoms with E-state index in [-0.39, 0.29) is 34.2 Å². The molecule has 1 amide bonds. The summed E-state index contributed by atoms with van der Waals surface area (Å²) in [5.41, 5.74) is -0.0374. The number of benzene rings is 1. The zero-order valence-electron chi connectivity index (χ0n) is 16.3. The molecule has 0 bridgehead atoms. The summed E-state index contributed by atoms with van der Waals surface area (Å²) in [6, 6.07) is 3.50. The van der Waals surface area contributed by atoms with E-state index in [1.54, 1.807) is 6.92 Å². The van der Waals surface area contributed by atoms with Gasteiger partial charge in [-0.15, -0.1) is 0 Å². The summed E-state index contributed by atoms with van der Waals surface area (Å²) in [7, 11) is -2.45. The molecule has 1 aliphatic rings. The molecule has 0 saturated carbocycles. The second-order valence-electron chi connectivity index (χ2n) is 6.63. The quantitative estimate of drug-likeness (QED) is 0.514. The van der Waals surface area contributed by atoms with E-state index in [1.807, 2.05) is 0 Å². The lowest BCUT2D eigenvalue weighted by Crippen LogP contribution is -2.38. The number of rotatable bonds is 10. The number of nitrogens with one attached hydrogen (secondary N) is 2. The van der Waals surface area contributed by atoms with Gasteiger partial charge in [0.15, 0.2) is 6.61 Å². The minimum Gasteiger partial charge on any atom is -0.452 e. The van der Waals surface area contributed by atoms with Crippen molar-refractivity contribution < 1.29 is 32.2 Å². The van der Waals surface area contributed by atoms with Crippen molar-refractivity contribution in [3.63, 3.8) is 0 Å². The van der Waals surface area contributed by atoms with Gasteiger partial charge in [0.05, 0.1) is 23.3 Å². The van der Waals surface area contributed by atoms with Gasteiger partial charge < -0.3 is 19.5 Å². The zero-order chi connectivity index (χ0) is 21.4. The van der Waals surface area contributed by atoms with E-state index in [0.717, 1.165) is 18.9 Å². The van der Waals surface area contributed by atoms with Crippen LogP contribution in [0.25, 0.3) is 0 Å². The molecule has 1 fully saturated rings. The molecule has 29 heavy (non-hydrogen) atoms. The Labute approximate surface area is 175 Å². The Bertz CT molecular complexity index is 825. The third-order valence-electron chi connectivity index (χ3n) is 4.14. The maximum Gasteiger partial charge on any atom is 0.338 e. The van der Waals surface area contributed by atoms with E-state index in [1.165, 1.54) is 19.2 Å². The first-order chi connectivity index (χ1) is 13.7. The molecule has 1 aromatic rings. The van der Waals surface area contributed by atoms with Gasteiger partial charge in [-0.3, -0.25) is 4.79 Å². The summed E-state index contributed by atoms with van der Waals surface area (Å²) in [5, 5.41) is 2.56. The first-order valence-electron chi connectivity index (χ1n) is 9.09. The van der Waals surface area contributed by atoms with Gasteiger partial charge in [0, 0.05) is 26.3 Å². The molecule has 1 heterocycles. The zero-order valence-corrected chi connectivity index (χ0v) is 17.8. The van der Waals surface area contributed by atoms with E-state index in [9.17, 15) is 18.0 Å². The molecule has 1 saturated heterocycles. The maximum atomic E-state index is 12.6. The molecule has 2 atom stereocenters. The van der Waals surface area contributed by atoms with Crippen LogP contribution < -0.4 is 10.0 Å². The van der Waals surface area contributed by atoms with Gasteiger partial charge >= 0.3 is 5.97 Å². The second kappa shape index (κ2) is 10.9. The van der Waals surface area contributed by atoms with Crippen molar-refractivity contribution in [1.82, 2.24) is 10.0 Å². The van der Waals surface area contributed by atoms with Crippen LogP contribution in [0.1, 0.15) is 30.1 Å². The van der Waals surface area contributed by atoms with E-state index >= 15 is 0 Å². The van der Waals surface area contributed by atoms with Gasteiger partial charge in [-0.25, -0.2) is 17.9 Å². The SMILES string of the molecule is COCC(C)NC(=O)COC(=O)c1ccc(Cl)c(S(=O)(=O)NCC2CCCO2)c1. The van der Waals surface area contributed by atoms with E-state index in [0.29, 0.717) is 13.2 Å². The number of methoxy groups -OCH3 is 1. The lowest BCUT2D eigenvalue weighted by molar-refractivity contribution is -0.125. The van der Waals surface area contributed by atoms with Crippen LogP contribution in [0.15, 0.2) is 23.1 Å². The number of halogens is 1.